The van der Waals surface area contributed by atoms with Gasteiger partial charge in [0.05, 0.1) is 84.7 Å². The molecule has 0 spiro atoms. The second-order valence-electron chi connectivity index (χ2n) is 32.0. The molecule has 1 aliphatic heterocycles. The number of anilines is 2. The fourth-order valence-corrected chi connectivity index (χ4v) is 20.6. The van der Waals surface area contributed by atoms with Gasteiger partial charge in [-0.15, -0.1) is 0 Å². The summed E-state index contributed by atoms with van der Waals surface area (Å²) in [6.45, 7) is 15.7. The van der Waals surface area contributed by atoms with Crippen LogP contribution in [-0.2, 0) is 69.8 Å². The molecule has 3 fully saturated rings. The molecular weight excluding hydrogens is 1780 g/mol. The van der Waals surface area contributed by atoms with Crippen molar-refractivity contribution in [1.29, 1.82) is 0 Å². The summed E-state index contributed by atoms with van der Waals surface area (Å²) in [5, 5.41) is 6.50. The third-order valence-electron chi connectivity index (χ3n) is 22.5. The van der Waals surface area contributed by atoms with E-state index in [0.29, 0.717) is 81.0 Å². The van der Waals surface area contributed by atoms with Crippen LogP contribution >= 0.6 is 50.7 Å². The van der Waals surface area contributed by atoms with Crippen molar-refractivity contribution in [2.24, 2.45) is 5.73 Å². The van der Waals surface area contributed by atoms with Crippen LogP contribution in [0.25, 0.3) is 55.0 Å². The summed E-state index contributed by atoms with van der Waals surface area (Å²) in [7, 11) is 1.57. The number of halogens is 6. The normalized spacial score (nSPS) is 16.8. The van der Waals surface area contributed by atoms with Crippen molar-refractivity contribution >= 4 is 144 Å². The van der Waals surface area contributed by atoms with Gasteiger partial charge in [-0.2, -0.15) is 8.78 Å². The van der Waals surface area contributed by atoms with Gasteiger partial charge in [0, 0.05) is 70.0 Å². The maximum absolute atomic E-state index is 13.5. The van der Waals surface area contributed by atoms with Crippen LogP contribution in [0.2, 0.25) is 15.1 Å². The van der Waals surface area contributed by atoms with E-state index in [2.05, 4.69) is 112 Å². The number of sulfonamides is 1. The van der Waals surface area contributed by atoms with Crippen molar-refractivity contribution in [3.05, 3.63) is 224 Å². The van der Waals surface area contributed by atoms with Crippen LogP contribution in [0.15, 0.2) is 183 Å². The molecule has 660 valence electrons. The first kappa shape index (κ1) is 96.6. The van der Waals surface area contributed by atoms with Gasteiger partial charge in [-0.1, -0.05) is 80.4 Å². The number of nitrogens with two attached hydrogens (primary N) is 1. The van der Waals surface area contributed by atoms with E-state index in [4.69, 9.17) is 69.0 Å². The van der Waals surface area contributed by atoms with E-state index in [1.165, 1.54) is 103 Å². The first-order valence-electron chi connectivity index (χ1n) is 40.9. The predicted octanol–water partition coefficient (Wildman–Crippen LogP) is 17.9. The van der Waals surface area contributed by atoms with Crippen LogP contribution in [-0.4, -0.2) is 174 Å². The predicted molar refractivity (Wildman–Crippen MR) is 498 cm³/mol. The van der Waals surface area contributed by atoms with Gasteiger partial charge in [0.2, 0.25) is 17.7 Å². The van der Waals surface area contributed by atoms with Crippen LogP contribution in [0, 0.1) is 12.2 Å². The molecule has 7 heterocycles. The molecule has 0 amide bonds. The third kappa shape index (κ3) is 24.3. The Morgan fingerprint density at radius 1 is 0.528 bits per heavy atom. The molecule has 2 aliphatic carbocycles. The molecule has 12 aromatic rings. The number of pyridine rings is 2. The van der Waals surface area contributed by atoms with Gasteiger partial charge in [0.25, 0.3) is 0 Å². The molecule has 0 atom stereocenters. The fourth-order valence-electron chi connectivity index (χ4n) is 14.9. The van der Waals surface area contributed by atoms with Gasteiger partial charge in [-0.3, -0.25) is 0 Å². The first-order valence-corrected chi connectivity index (χ1v) is 47.6. The summed E-state index contributed by atoms with van der Waals surface area (Å²) < 4.78 is 135. The molecule has 3 aliphatic rings. The monoisotopic (exact) mass is 1880 g/mol. The van der Waals surface area contributed by atoms with Crippen molar-refractivity contribution in [3.8, 4) is 39.7 Å². The van der Waals surface area contributed by atoms with Crippen molar-refractivity contribution < 1.29 is 57.6 Å². The van der Waals surface area contributed by atoms with E-state index in [0.717, 1.165) is 91.3 Å². The standard InChI is InChI=1S/C31H36ClN5O3S.C23H19ClFN3O3S.C16H20BFN2O2.C12H10BBrClNO3S.C8H18N2/c1-5-20-16-21(17-22-18-33-31(36-29(20)22)35-23-10-13-25(14-11-23)37(2)3)26-15-12-24(34-30(26)40-4)19-41(38,39)28-9-7-6-8-27(28)32;1-3-14-10-15(11-16-12-26-23(25)28-21(14)16)18-9-8-17(27-22(18)31-2)13-32(29,30)20-7-5-4-6-19(20)24;1-6-10-7-12(8-11-9-19-14(18)20-13(10)11)17-21-15(2,3)16(4,5)22-17;1-19-12-8(14)6-7-11(13-12)16-20(17,18)10-5-3-2-4-9(10)15;1-10(2)8-5-3-7(9)4-6-8/h6-9,12,15-18,23,25H,5,10-11,13-14,19H2,1-4H3,(H,33,35,36);4-12H,3,13H2,1-2H3;7-9H,6H2,1-5H3;2-7,16H,1H3;7-8H,3-6,9H2,1-2H3. The second kappa shape index (κ2) is 42.3. The van der Waals surface area contributed by atoms with Gasteiger partial charge in [-0.25, -0.2) is 56.7 Å². The molecular formula is C90H103B2BrCl3F2N13O11S3. The number of ether oxygens (including phenoxy) is 3. The summed E-state index contributed by atoms with van der Waals surface area (Å²) >= 11 is 21.4. The van der Waals surface area contributed by atoms with Gasteiger partial charge >= 0.3 is 151 Å². The number of fused-ring (bicyclic) bond motifs is 3. The summed E-state index contributed by atoms with van der Waals surface area (Å²) in [6, 6.07) is 43.3. The quantitative estimate of drug-likeness (QED) is 0.0419. The fraction of sp³-hybridized carbons (Fsp3) is 0.367. The first-order chi connectivity index (χ1) is 59.4. The Balaban J connectivity index is 0.000000161. The van der Waals surface area contributed by atoms with E-state index in [1.54, 1.807) is 79.7 Å². The molecule has 2 saturated carbocycles. The molecule has 0 unspecified atom stereocenters. The summed E-state index contributed by atoms with van der Waals surface area (Å²) in [5.74, 6) is 0.688. The number of aromatic nitrogens is 8. The zero-order valence-electron chi connectivity index (χ0n) is 72.3. The Labute approximate surface area is 755 Å². The average molecular weight is 1880 g/mol. The van der Waals surface area contributed by atoms with Crippen LogP contribution in [0.4, 0.5) is 20.3 Å². The van der Waals surface area contributed by atoms with E-state index >= 15 is 0 Å². The summed E-state index contributed by atoms with van der Waals surface area (Å²) in [5.41, 5.74) is 15.7. The number of hydrogen-bond acceptors (Lipinski definition) is 23. The summed E-state index contributed by atoms with van der Waals surface area (Å²) in [4.78, 5) is 38.4. The Bertz CT molecular complexity index is 6190. The molecule has 24 nitrogen and oxygen atoms in total. The Morgan fingerprint density at radius 2 is 0.944 bits per heavy atom. The summed E-state index contributed by atoms with van der Waals surface area (Å²) in [6.07, 6.45) is 15.1. The number of benzene rings is 6. The zero-order chi connectivity index (χ0) is 90.5. The minimum absolute atomic E-state index is 0.0311. The number of sulfone groups is 2. The maximum atomic E-state index is 13.5. The number of methoxy groups -OCH3 is 3. The number of hydrogen-bond donors (Lipinski definition) is 3. The van der Waals surface area contributed by atoms with Crippen LogP contribution in [0.1, 0.15) is 128 Å². The van der Waals surface area contributed by atoms with E-state index in [-0.39, 0.29) is 47.1 Å². The number of aryl methyl sites for hydroxylation is 3. The van der Waals surface area contributed by atoms with Gasteiger partial charge in [0.15, 0.2) is 19.7 Å². The van der Waals surface area contributed by atoms with E-state index in [9.17, 15) is 34.0 Å². The van der Waals surface area contributed by atoms with Gasteiger partial charge in [0.1, 0.15) is 0 Å². The van der Waals surface area contributed by atoms with Crippen LogP contribution < -0.4 is 35.4 Å². The molecule has 6 aromatic heterocycles. The molecule has 35 heteroatoms. The van der Waals surface area contributed by atoms with Crippen LogP contribution in [0.3, 0.4) is 0 Å². The zero-order valence-corrected chi connectivity index (χ0v) is 78.6. The number of nitrogens with one attached hydrogen (secondary N) is 2. The molecule has 6 aromatic carbocycles. The van der Waals surface area contributed by atoms with E-state index in [1.807, 2.05) is 84.1 Å². The van der Waals surface area contributed by atoms with Crippen molar-refractivity contribution in [2.45, 2.75) is 181 Å². The Morgan fingerprint density at radius 3 is 1.38 bits per heavy atom. The van der Waals surface area contributed by atoms with E-state index < -0.39 is 60.2 Å². The molecule has 4 N–H and O–H groups in total. The molecule has 0 radical (unpaired) electrons. The third-order valence-corrected chi connectivity index (χ3v) is 29.4. The molecule has 15 rings (SSSR count). The number of nitrogens with zero attached hydrogens (tertiary/aromatic N) is 10. The molecule has 0 bridgehead atoms. The molecule has 125 heavy (non-hydrogen) atoms. The topological polar surface area (TPSA) is 308 Å². The Kier molecular flexibility index (Phi) is 32.7. The van der Waals surface area contributed by atoms with Crippen molar-refractivity contribution in [3.63, 3.8) is 0 Å². The van der Waals surface area contributed by atoms with Crippen molar-refractivity contribution in [1.82, 2.24) is 49.7 Å². The SMILES string of the molecule is CCc1cc(-c2ccc(CS(=O)(=O)c3ccccc3Cl)nc2OC)cc2cnc(F)nc12.CCc1cc(-c2ccc(CS(=O)(=O)c3ccccc3Cl)nc2OC)cc2cnc(NC3CCC(N(C)C)CC3)nc12.CCc1cc(B2OC(C)(C)C(C)(C)O2)cc2cnc(F)nc12.CN(C)C1CCC(N)CC1.COc1bc(NS(=O)(=O)c2ccccc2Cl)ccc1Br. The van der Waals surface area contributed by atoms with Gasteiger partial charge in [-0.05, 0) is 233 Å². The van der Waals surface area contributed by atoms with Gasteiger partial charge < -0.3 is 39.6 Å². The van der Waals surface area contributed by atoms with Crippen molar-refractivity contribution in [2.75, 3.05) is 59.6 Å². The second-order valence-corrected chi connectivity index (χ2v) is 39.7. The minimum atomic E-state index is -3.73. The van der Waals surface area contributed by atoms with Crippen LogP contribution in [0.5, 0.6) is 17.4 Å². The average Bonchev–Trinajstić information content (AvgIpc) is 1.45. The number of rotatable bonds is 22. The Hall–Kier alpha value is -9.02. The molecule has 1 saturated heterocycles.